The topological polar surface area (TPSA) is 60.4 Å². The number of benzene rings is 2. The fraction of sp³-hybridized carbons (Fsp3) is 0. The van der Waals surface area contributed by atoms with Crippen LogP contribution in [0.3, 0.4) is 0 Å². The Labute approximate surface area is 143 Å². The number of hydrogen-bond acceptors (Lipinski definition) is 4. The van der Waals surface area contributed by atoms with Crippen LogP contribution >= 0.6 is 34.5 Å². The molecule has 0 spiro atoms. The first-order chi connectivity index (χ1) is 11.0. The standard InChI is InChI=1S/C15H7Cl2N3O2S/c16-8-1-3-10(11(17)5-8)12-7-19-13-4-2-9(20(21)22)6-14(13)23-15(19)18-12/h1-7H. The number of nitrogens with zero attached hydrogens (tertiary/aromatic N) is 3. The van der Waals surface area contributed by atoms with E-state index in [1.807, 2.05) is 16.7 Å². The van der Waals surface area contributed by atoms with Gasteiger partial charge in [0, 0.05) is 28.9 Å². The van der Waals surface area contributed by atoms with Gasteiger partial charge in [-0.25, -0.2) is 4.98 Å². The lowest BCUT2D eigenvalue weighted by Gasteiger charge is -2.00. The second-order valence-corrected chi connectivity index (χ2v) is 6.77. The van der Waals surface area contributed by atoms with Gasteiger partial charge in [0.15, 0.2) is 4.96 Å². The van der Waals surface area contributed by atoms with E-state index in [1.165, 1.54) is 17.4 Å². The molecule has 0 saturated carbocycles. The van der Waals surface area contributed by atoms with E-state index in [0.717, 1.165) is 26.4 Å². The van der Waals surface area contributed by atoms with Gasteiger partial charge in [-0.05, 0) is 24.3 Å². The molecule has 0 atom stereocenters. The highest BCUT2D eigenvalue weighted by atomic mass is 35.5. The van der Waals surface area contributed by atoms with Crippen LogP contribution in [0.25, 0.3) is 26.4 Å². The van der Waals surface area contributed by atoms with Crippen LogP contribution in [0, 0.1) is 10.1 Å². The summed E-state index contributed by atoms with van der Waals surface area (Å²) in [5.41, 5.74) is 2.47. The van der Waals surface area contributed by atoms with Gasteiger partial charge in [0.25, 0.3) is 5.69 Å². The molecule has 0 saturated heterocycles. The van der Waals surface area contributed by atoms with E-state index in [2.05, 4.69) is 4.98 Å². The van der Waals surface area contributed by atoms with Gasteiger partial charge in [0.1, 0.15) is 0 Å². The van der Waals surface area contributed by atoms with Gasteiger partial charge in [0.2, 0.25) is 0 Å². The van der Waals surface area contributed by atoms with Gasteiger partial charge in [-0.1, -0.05) is 34.5 Å². The summed E-state index contributed by atoms with van der Waals surface area (Å²) >= 11 is 13.5. The zero-order valence-corrected chi connectivity index (χ0v) is 13.7. The number of rotatable bonds is 2. The van der Waals surface area contributed by atoms with Crippen LogP contribution in [-0.2, 0) is 0 Å². The van der Waals surface area contributed by atoms with E-state index in [4.69, 9.17) is 23.2 Å². The highest BCUT2D eigenvalue weighted by molar-refractivity contribution is 7.23. The summed E-state index contributed by atoms with van der Waals surface area (Å²) in [6, 6.07) is 10.0. The highest BCUT2D eigenvalue weighted by Crippen LogP contribution is 2.34. The predicted molar refractivity (Wildman–Crippen MR) is 92.7 cm³/mol. The molecule has 8 heteroatoms. The minimum Gasteiger partial charge on any atom is -0.290 e. The smallest absolute Gasteiger partial charge is 0.270 e. The highest BCUT2D eigenvalue weighted by Gasteiger charge is 2.15. The Balaban J connectivity index is 1.90. The van der Waals surface area contributed by atoms with Crippen molar-refractivity contribution in [1.82, 2.24) is 9.38 Å². The quantitative estimate of drug-likeness (QED) is 0.352. The summed E-state index contributed by atoms with van der Waals surface area (Å²) in [5.74, 6) is 0. The zero-order valence-electron chi connectivity index (χ0n) is 11.4. The van der Waals surface area contributed by atoms with Crippen LogP contribution < -0.4 is 0 Å². The number of thiazole rings is 1. The summed E-state index contributed by atoms with van der Waals surface area (Å²) in [5, 5.41) is 12.0. The number of non-ortho nitro benzene ring substituents is 1. The lowest BCUT2D eigenvalue weighted by atomic mass is 10.2. The minimum absolute atomic E-state index is 0.0722. The van der Waals surface area contributed by atoms with Crippen LogP contribution in [0.4, 0.5) is 5.69 Å². The van der Waals surface area contributed by atoms with Crippen molar-refractivity contribution in [2.24, 2.45) is 0 Å². The lowest BCUT2D eigenvalue weighted by Crippen LogP contribution is -1.86. The van der Waals surface area contributed by atoms with Crippen molar-refractivity contribution in [3.05, 3.63) is 62.8 Å². The maximum Gasteiger partial charge on any atom is 0.270 e. The third-order valence-corrected chi connectivity index (χ3v) is 5.06. The summed E-state index contributed by atoms with van der Waals surface area (Å²) in [4.78, 5) is 15.8. The van der Waals surface area contributed by atoms with Crippen molar-refractivity contribution in [1.29, 1.82) is 0 Å². The number of nitro groups is 1. The maximum atomic E-state index is 10.9. The number of halogens is 2. The predicted octanol–water partition coefficient (Wildman–Crippen LogP) is 5.43. The molecule has 0 N–H and O–H groups in total. The van der Waals surface area contributed by atoms with Crippen molar-refractivity contribution in [2.75, 3.05) is 0 Å². The Morgan fingerprint density at radius 2 is 2.00 bits per heavy atom. The minimum atomic E-state index is -0.402. The van der Waals surface area contributed by atoms with Crippen molar-refractivity contribution in [3.63, 3.8) is 0 Å². The average molecular weight is 364 g/mol. The molecule has 4 aromatic rings. The second-order valence-electron chi connectivity index (χ2n) is 4.91. The Kier molecular flexibility index (Phi) is 3.26. The molecule has 0 aliphatic heterocycles. The number of fused-ring (bicyclic) bond motifs is 3. The molecule has 4 rings (SSSR count). The summed E-state index contributed by atoms with van der Waals surface area (Å²) in [6.45, 7) is 0. The van der Waals surface area contributed by atoms with Gasteiger partial charge in [-0.2, -0.15) is 0 Å². The fourth-order valence-corrected chi connectivity index (χ4v) is 3.98. The Hall–Kier alpha value is -2.15. The molecule has 0 aliphatic carbocycles. The second kappa shape index (κ2) is 5.19. The van der Waals surface area contributed by atoms with Crippen LogP contribution in [0.1, 0.15) is 0 Å². The number of aromatic nitrogens is 2. The molecule has 2 aromatic carbocycles. The van der Waals surface area contributed by atoms with Gasteiger partial charge in [-0.15, -0.1) is 0 Å². The molecule has 114 valence electrons. The van der Waals surface area contributed by atoms with Crippen LogP contribution in [0.15, 0.2) is 42.6 Å². The average Bonchev–Trinajstić information content (AvgIpc) is 3.03. The molecule has 0 fully saturated rings. The van der Waals surface area contributed by atoms with Crippen molar-refractivity contribution in [2.45, 2.75) is 0 Å². The first-order valence-electron chi connectivity index (χ1n) is 6.54. The van der Waals surface area contributed by atoms with Crippen molar-refractivity contribution in [3.8, 4) is 11.3 Å². The maximum absolute atomic E-state index is 10.9. The molecule has 23 heavy (non-hydrogen) atoms. The largest absolute Gasteiger partial charge is 0.290 e. The Morgan fingerprint density at radius 1 is 1.17 bits per heavy atom. The number of nitro benzene ring substituents is 1. The molecule has 0 unspecified atom stereocenters. The van der Waals surface area contributed by atoms with Gasteiger partial charge in [-0.3, -0.25) is 14.5 Å². The summed E-state index contributed by atoms with van der Waals surface area (Å²) in [6.07, 6.45) is 1.87. The normalized spacial score (nSPS) is 11.4. The monoisotopic (exact) mass is 363 g/mol. The van der Waals surface area contributed by atoms with Crippen LogP contribution in [0.2, 0.25) is 10.0 Å². The Morgan fingerprint density at radius 3 is 2.74 bits per heavy atom. The summed E-state index contributed by atoms with van der Waals surface area (Å²) < 4.78 is 2.72. The molecule has 2 heterocycles. The lowest BCUT2D eigenvalue weighted by molar-refractivity contribution is -0.384. The molecular formula is C15H7Cl2N3O2S. The third kappa shape index (κ3) is 2.35. The molecule has 0 amide bonds. The van der Waals surface area contributed by atoms with E-state index < -0.39 is 4.92 Å². The first kappa shape index (κ1) is 14.4. The van der Waals surface area contributed by atoms with E-state index in [-0.39, 0.29) is 5.69 Å². The summed E-state index contributed by atoms with van der Waals surface area (Å²) in [7, 11) is 0. The van der Waals surface area contributed by atoms with Gasteiger partial charge < -0.3 is 0 Å². The Bertz CT molecular complexity index is 1090. The molecule has 0 aliphatic rings. The van der Waals surface area contributed by atoms with E-state index in [0.29, 0.717) is 10.0 Å². The van der Waals surface area contributed by atoms with Crippen molar-refractivity contribution >= 4 is 55.4 Å². The SMILES string of the molecule is O=[N+]([O-])c1ccc2c(c1)sc1nc(-c3ccc(Cl)cc3Cl)cn12. The molecular weight excluding hydrogens is 357 g/mol. The van der Waals surface area contributed by atoms with E-state index >= 15 is 0 Å². The molecule has 0 bridgehead atoms. The molecule has 2 aromatic heterocycles. The fourth-order valence-electron chi connectivity index (χ4n) is 2.43. The van der Waals surface area contributed by atoms with Gasteiger partial charge >= 0.3 is 0 Å². The molecule has 5 nitrogen and oxygen atoms in total. The van der Waals surface area contributed by atoms with Crippen LogP contribution in [0.5, 0.6) is 0 Å². The zero-order chi connectivity index (χ0) is 16.1. The number of imidazole rings is 1. The third-order valence-electron chi connectivity index (χ3n) is 3.50. The first-order valence-corrected chi connectivity index (χ1v) is 8.11. The van der Waals surface area contributed by atoms with E-state index in [1.54, 1.807) is 24.3 Å². The van der Waals surface area contributed by atoms with Crippen LogP contribution in [-0.4, -0.2) is 14.3 Å². The van der Waals surface area contributed by atoms with Crippen molar-refractivity contribution < 1.29 is 4.92 Å². The van der Waals surface area contributed by atoms with Gasteiger partial charge in [0.05, 0.1) is 25.9 Å². The number of hydrogen-bond donors (Lipinski definition) is 0. The molecule has 0 radical (unpaired) electrons. The van der Waals surface area contributed by atoms with E-state index in [9.17, 15) is 10.1 Å².